The lowest BCUT2D eigenvalue weighted by Crippen LogP contribution is -2.31. The van der Waals surface area contributed by atoms with Crippen molar-refractivity contribution in [3.63, 3.8) is 0 Å². The van der Waals surface area contributed by atoms with E-state index in [1.165, 1.54) is 23.3 Å². The summed E-state index contributed by atoms with van der Waals surface area (Å²) in [6.07, 6.45) is 1.18. The van der Waals surface area contributed by atoms with Crippen LogP contribution in [-0.2, 0) is 6.54 Å². The van der Waals surface area contributed by atoms with Gasteiger partial charge in [-0.1, -0.05) is 36.4 Å². The molecule has 2 heterocycles. The second-order valence-electron chi connectivity index (χ2n) is 9.49. The fourth-order valence-electron chi connectivity index (χ4n) is 4.60. The third-order valence-corrected chi connectivity index (χ3v) is 7.28. The number of anilines is 2. The maximum Gasteiger partial charge on any atom is 0.289 e. The van der Waals surface area contributed by atoms with Gasteiger partial charge in [-0.25, -0.2) is 4.98 Å². The fraction of sp³-hybridized carbons (Fsp3) is 0.250. The largest absolute Gasteiger partial charge is 0.321 e. The average Bonchev–Trinajstić information content (AvgIpc) is 3.61. The maximum absolute atomic E-state index is 13.1. The van der Waals surface area contributed by atoms with Crippen molar-refractivity contribution in [2.24, 2.45) is 0 Å². The fourth-order valence-corrected chi connectivity index (χ4v) is 5.13. The van der Waals surface area contributed by atoms with Gasteiger partial charge in [0.2, 0.25) is 0 Å². The highest BCUT2D eigenvalue weighted by molar-refractivity contribution is 7.07. The third-order valence-electron chi connectivity index (χ3n) is 6.70. The van der Waals surface area contributed by atoms with Gasteiger partial charge in [-0.3, -0.25) is 25.3 Å². The molecular formula is C28H30N6O2S. The molecule has 1 aliphatic rings. The Morgan fingerprint density at radius 1 is 1.08 bits per heavy atom. The van der Waals surface area contributed by atoms with E-state index < -0.39 is 0 Å². The number of aromatic nitrogens is 1. The Balaban J connectivity index is 1.27. The van der Waals surface area contributed by atoms with Gasteiger partial charge in [0.15, 0.2) is 0 Å². The molecule has 0 saturated carbocycles. The van der Waals surface area contributed by atoms with Crippen LogP contribution in [-0.4, -0.2) is 59.8 Å². The number of nitrogens with one attached hydrogen (secondary N) is 3. The number of hydrazine groups is 1. The number of likely N-dealkylation sites (N-methyl/N-ethyl adjacent to an activating group) is 1. The molecule has 5 rings (SSSR count). The first kappa shape index (κ1) is 24.9. The zero-order valence-corrected chi connectivity index (χ0v) is 21.7. The number of nitrogens with zero attached hydrogens (tertiary/aromatic N) is 3. The SMILES string of the molecule is CN(C)[C@H]1CCN(Cc2ccc(C(=O)Nc3cc(NNC(=O)c4cscn4)cc4ccccc34)cc2)C1. The first-order chi connectivity index (χ1) is 18.0. The molecular weight excluding hydrogens is 484 g/mol. The number of fused-ring (bicyclic) bond motifs is 1. The Morgan fingerprint density at radius 3 is 2.62 bits per heavy atom. The van der Waals surface area contributed by atoms with Crippen molar-refractivity contribution in [3.8, 4) is 0 Å². The lowest BCUT2D eigenvalue weighted by Gasteiger charge is -2.20. The molecule has 1 saturated heterocycles. The molecule has 0 spiro atoms. The number of carbonyl (C=O) groups excluding carboxylic acids is 2. The zero-order chi connectivity index (χ0) is 25.8. The molecule has 3 aromatic carbocycles. The molecule has 37 heavy (non-hydrogen) atoms. The summed E-state index contributed by atoms with van der Waals surface area (Å²) in [5, 5.41) is 6.57. The Kier molecular flexibility index (Phi) is 7.45. The molecule has 3 N–H and O–H groups in total. The molecule has 8 nitrogen and oxygen atoms in total. The van der Waals surface area contributed by atoms with Gasteiger partial charge in [0, 0.05) is 42.0 Å². The van der Waals surface area contributed by atoms with Crippen LogP contribution in [0.5, 0.6) is 0 Å². The van der Waals surface area contributed by atoms with Gasteiger partial charge in [-0.15, -0.1) is 11.3 Å². The monoisotopic (exact) mass is 514 g/mol. The number of likely N-dealkylation sites (tertiary alicyclic amines) is 1. The van der Waals surface area contributed by atoms with Crippen LogP contribution in [0.25, 0.3) is 10.8 Å². The van der Waals surface area contributed by atoms with E-state index >= 15 is 0 Å². The molecule has 0 bridgehead atoms. The summed E-state index contributed by atoms with van der Waals surface area (Å²) in [4.78, 5) is 34.2. The van der Waals surface area contributed by atoms with Crippen LogP contribution in [0.15, 0.2) is 71.6 Å². The predicted octanol–water partition coefficient (Wildman–Crippen LogP) is 4.44. The van der Waals surface area contributed by atoms with Crippen LogP contribution in [0.3, 0.4) is 0 Å². The Hall–Kier alpha value is -3.79. The average molecular weight is 515 g/mol. The minimum absolute atomic E-state index is 0.186. The third kappa shape index (κ3) is 5.96. The highest BCUT2D eigenvalue weighted by Gasteiger charge is 2.23. The number of amides is 2. The molecule has 1 aliphatic heterocycles. The van der Waals surface area contributed by atoms with E-state index in [0.29, 0.717) is 28.7 Å². The molecule has 1 fully saturated rings. The molecule has 190 valence electrons. The first-order valence-corrected chi connectivity index (χ1v) is 13.2. The van der Waals surface area contributed by atoms with Crippen molar-refractivity contribution in [2.45, 2.75) is 19.0 Å². The van der Waals surface area contributed by atoms with Gasteiger partial charge in [0.1, 0.15) is 5.69 Å². The number of rotatable bonds is 8. The van der Waals surface area contributed by atoms with Crippen molar-refractivity contribution in [2.75, 3.05) is 37.9 Å². The van der Waals surface area contributed by atoms with E-state index in [0.717, 1.165) is 30.4 Å². The van der Waals surface area contributed by atoms with Crippen molar-refractivity contribution in [3.05, 3.63) is 88.4 Å². The molecule has 4 aromatic rings. The quantitative estimate of drug-likeness (QED) is 0.301. The van der Waals surface area contributed by atoms with Gasteiger partial charge in [-0.05, 0) is 55.7 Å². The van der Waals surface area contributed by atoms with E-state index in [1.54, 1.807) is 10.9 Å². The molecule has 0 aliphatic carbocycles. The number of thiazole rings is 1. The number of hydrogen-bond acceptors (Lipinski definition) is 7. The van der Waals surface area contributed by atoms with Crippen LogP contribution in [0, 0.1) is 0 Å². The molecule has 1 atom stereocenters. The van der Waals surface area contributed by atoms with E-state index in [1.807, 2.05) is 60.7 Å². The lowest BCUT2D eigenvalue weighted by atomic mass is 10.1. The highest BCUT2D eigenvalue weighted by Crippen LogP contribution is 2.28. The molecule has 1 aromatic heterocycles. The number of carbonyl (C=O) groups is 2. The van der Waals surface area contributed by atoms with E-state index in [-0.39, 0.29) is 11.8 Å². The second-order valence-corrected chi connectivity index (χ2v) is 10.2. The van der Waals surface area contributed by atoms with Crippen molar-refractivity contribution < 1.29 is 9.59 Å². The molecule has 0 unspecified atom stereocenters. The Labute approximate surface area is 220 Å². The smallest absolute Gasteiger partial charge is 0.289 e. The van der Waals surface area contributed by atoms with Gasteiger partial charge >= 0.3 is 0 Å². The van der Waals surface area contributed by atoms with Crippen LogP contribution < -0.4 is 16.2 Å². The summed E-state index contributed by atoms with van der Waals surface area (Å²) in [6.45, 7) is 3.04. The van der Waals surface area contributed by atoms with Crippen molar-refractivity contribution in [1.82, 2.24) is 20.2 Å². The van der Waals surface area contributed by atoms with Crippen LogP contribution in [0.2, 0.25) is 0 Å². The van der Waals surface area contributed by atoms with Crippen molar-refractivity contribution in [1.29, 1.82) is 0 Å². The second kappa shape index (κ2) is 11.1. The van der Waals surface area contributed by atoms with Gasteiger partial charge in [0.05, 0.1) is 16.9 Å². The molecule has 9 heteroatoms. The lowest BCUT2D eigenvalue weighted by molar-refractivity contribution is 0.0957. The first-order valence-electron chi connectivity index (χ1n) is 12.2. The highest BCUT2D eigenvalue weighted by atomic mass is 32.1. The van der Waals surface area contributed by atoms with Crippen LogP contribution in [0.4, 0.5) is 11.4 Å². The van der Waals surface area contributed by atoms with Gasteiger partial charge < -0.3 is 10.2 Å². The van der Waals surface area contributed by atoms with E-state index in [4.69, 9.17) is 0 Å². The summed E-state index contributed by atoms with van der Waals surface area (Å²) >= 11 is 1.36. The maximum atomic E-state index is 13.1. The van der Waals surface area contributed by atoms with Crippen molar-refractivity contribution >= 4 is 45.3 Å². The summed E-state index contributed by atoms with van der Waals surface area (Å²) in [6, 6.07) is 19.9. The minimum atomic E-state index is -0.328. The summed E-state index contributed by atoms with van der Waals surface area (Å²) in [5.41, 5.74) is 10.6. The van der Waals surface area contributed by atoms with E-state index in [2.05, 4.69) is 45.0 Å². The van der Waals surface area contributed by atoms with E-state index in [9.17, 15) is 9.59 Å². The standard InChI is InChI=1S/C28H30N6O2S/c1-33(2)23-11-12-34(16-23)15-19-7-9-20(10-8-19)27(35)30-25-14-22(13-21-5-3-4-6-24(21)25)31-32-28(36)26-17-37-18-29-26/h3-10,13-14,17-18,23,31H,11-12,15-16H2,1-2H3,(H,30,35)(H,32,36)/t23-/m0/s1. The molecule has 0 radical (unpaired) electrons. The normalized spacial score (nSPS) is 15.7. The number of benzene rings is 3. The van der Waals surface area contributed by atoms with Gasteiger partial charge in [0.25, 0.3) is 11.8 Å². The molecule has 2 amide bonds. The van der Waals surface area contributed by atoms with Gasteiger partial charge in [-0.2, -0.15) is 0 Å². The minimum Gasteiger partial charge on any atom is -0.321 e. The predicted molar refractivity (Wildman–Crippen MR) is 149 cm³/mol. The van der Waals surface area contributed by atoms with Crippen LogP contribution >= 0.6 is 11.3 Å². The summed E-state index contributed by atoms with van der Waals surface area (Å²) in [7, 11) is 4.27. The topological polar surface area (TPSA) is 89.6 Å². The number of hydrogen-bond donors (Lipinski definition) is 3. The van der Waals surface area contributed by atoms with Crippen LogP contribution in [0.1, 0.15) is 32.8 Å². The zero-order valence-electron chi connectivity index (χ0n) is 20.9. The summed E-state index contributed by atoms with van der Waals surface area (Å²) in [5.74, 6) is -0.513. The Morgan fingerprint density at radius 2 is 1.89 bits per heavy atom. The summed E-state index contributed by atoms with van der Waals surface area (Å²) < 4.78 is 0. The Bertz CT molecular complexity index is 1390.